The molecule has 1 saturated carbocycles. The molecule has 2 nitrogen and oxygen atoms in total. The molecular weight excluding hydrogens is 304 g/mol. The van der Waals surface area contributed by atoms with Gasteiger partial charge >= 0.3 is 0 Å². The number of para-hydroxylation sites is 2. The van der Waals surface area contributed by atoms with E-state index >= 15 is 0 Å². The minimum atomic E-state index is 0.618. The fourth-order valence-corrected chi connectivity index (χ4v) is 4.30. The number of anilines is 1. The number of nitrogens with zero attached hydrogens (tertiary/aromatic N) is 2. The quantitative estimate of drug-likeness (QED) is 0.587. The van der Waals surface area contributed by atoms with Crippen molar-refractivity contribution in [1.29, 1.82) is 0 Å². The van der Waals surface area contributed by atoms with Gasteiger partial charge in [-0.3, -0.25) is 4.99 Å². The molecule has 25 heavy (non-hydrogen) atoms. The third kappa shape index (κ3) is 2.72. The molecule has 1 aliphatic heterocycles. The van der Waals surface area contributed by atoms with Crippen LogP contribution in [-0.2, 0) is 6.54 Å². The van der Waals surface area contributed by atoms with Crippen molar-refractivity contribution in [1.82, 2.24) is 0 Å². The molecule has 1 heterocycles. The molecule has 3 aromatic rings. The number of hydrogen-bond acceptors (Lipinski definition) is 2. The van der Waals surface area contributed by atoms with Gasteiger partial charge in [-0.15, -0.1) is 0 Å². The van der Waals surface area contributed by atoms with Crippen molar-refractivity contribution < 1.29 is 0 Å². The van der Waals surface area contributed by atoms with Crippen molar-refractivity contribution in [3.05, 3.63) is 72.3 Å². The Morgan fingerprint density at radius 1 is 0.920 bits per heavy atom. The molecule has 0 saturated heterocycles. The number of aliphatic imine (C=N–C) groups is 1. The van der Waals surface area contributed by atoms with Gasteiger partial charge in [-0.05, 0) is 53.8 Å². The summed E-state index contributed by atoms with van der Waals surface area (Å²) in [6.45, 7) is 2.03. The van der Waals surface area contributed by atoms with Gasteiger partial charge < -0.3 is 4.90 Å². The van der Waals surface area contributed by atoms with Gasteiger partial charge in [-0.2, -0.15) is 0 Å². The van der Waals surface area contributed by atoms with Gasteiger partial charge in [0.15, 0.2) is 0 Å². The Labute approximate surface area is 148 Å². The maximum absolute atomic E-state index is 5.02. The summed E-state index contributed by atoms with van der Waals surface area (Å²) in [5, 5.41) is 2.63. The Bertz CT molecular complexity index is 957. The van der Waals surface area contributed by atoms with E-state index in [0.29, 0.717) is 5.92 Å². The maximum atomic E-state index is 5.02. The molecule has 124 valence electrons. The first-order valence-corrected chi connectivity index (χ1v) is 9.26. The van der Waals surface area contributed by atoms with Crippen molar-refractivity contribution >= 4 is 27.9 Å². The fourth-order valence-electron chi connectivity index (χ4n) is 4.30. The second-order valence-corrected chi connectivity index (χ2v) is 7.24. The normalized spacial score (nSPS) is 19.3. The average molecular weight is 326 g/mol. The summed E-state index contributed by atoms with van der Waals surface area (Å²) in [7, 11) is 0. The highest BCUT2D eigenvalue weighted by atomic mass is 15.2. The summed E-state index contributed by atoms with van der Waals surface area (Å²) in [6.07, 6.45) is 3.74. The van der Waals surface area contributed by atoms with E-state index in [2.05, 4.69) is 71.6 Å². The van der Waals surface area contributed by atoms with Crippen LogP contribution in [0, 0.1) is 5.92 Å². The molecular formula is C23H22N2. The number of fused-ring (bicyclic) bond motifs is 3. The zero-order valence-corrected chi connectivity index (χ0v) is 14.4. The number of rotatable bonds is 2. The fraction of sp³-hybridized carbons (Fsp3) is 0.261. The van der Waals surface area contributed by atoms with Gasteiger partial charge in [0, 0.05) is 24.7 Å². The minimum Gasteiger partial charge on any atom is -0.365 e. The average Bonchev–Trinajstić information content (AvgIpc) is 3.02. The Balaban J connectivity index is 1.52. The van der Waals surface area contributed by atoms with Gasteiger partial charge in [0.1, 0.15) is 0 Å². The summed E-state index contributed by atoms with van der Waals surface area (Å²) in [6, 6.07) is 24.1. The lowest BCUT2D eigenvalue weighted by atomic mass is 10.0. The second kappa shape index (κ2) is 6.03. The van der Waals surface area contributed by atoms with Crippen LogP contribution in [0.15, 0.2) is 71.7 Å². The van der Waals surface area contributed by atoms with E-state index in [4.69, 9.17) is 4.99 Å². The van der Waals surface area contributed by atoms with E-state index in [1.807, 2.05) is 0 Å². The predicted molar refractivity (Wildman–Crippen MR) is 106 cm³/mol. The van der Waals surface area contributed by atoms with E-state index < -0.39 is 0 Å². The number of hydrogen-bond donors (Lipinski definition) is 0. The van der Waals surface area contributed by atoms with Crippen molar-refractivity contribution in [3.63, 3.8) is 0 Å². The standard InChI is InChI=1S/C23H22N2/c1-2-7-19-14-17(12-13-18(19)6-1)15-25-16-20-8-5-10-21(20)24-22-9-3-4-11-23(22)25/h1-4,6-7,9,11-14,20H,5,8,10,15-16H2. The molecule has 3 aromatic carbocycles. The van der Waals surface area contributed by atoms with Crippen molar-refractivity contribution in [2.24, 2.45) is 10.9 Å². The molecule has 0 amide bonds. The third-order valence-electron chi connectivity index (χ3n) is 5.57. The highest BCUT2D eigenvalue weighted by Gasteiger charge is 2.28. The van der Waals surface area contributed by atoms with Gasteiger partial charge in [-0.25, -0.2) is 0 Å². The summed E-state index contributed by atoms with van der Waals surface area (Å²) in [4.78, 5) is 7.55. The molecule has 0 aromatic heterocycles. The highest BCUT2D eigenvalue weighted by molar-refractivity contribution is 5.94. The van der Waals surface area contributed by atoms with E-state index in [1.165, 1.54) is 47.0 Å². The lowest BCUT2D eigenvalue weighted by molar-refractivity contribution is 0.629. The molecule has 1 unspecified atom stereocenters. The molecule has 0 radical (unpaired) electrons. The van der Waals surface area contributed by atoms with Crippen LogP contribution in [-0.4, -0.2) is 12.3 Å². The molecule has 1 fully saturated rings. The first-order valence-electron chi connectivity index (χ1n) is 9.26. The molecule has 0 spiro atoms. The molecule has 0 bridgehead atoms. The van der Waals surface area contributed by atoms with Crippen LogP contribution >= 0.6 is 0 Å². The van der Waals surface area contributed by atoms with Crippen LogP contribution in [0.25, 0.3) is 10.8 Å². The second-order valence-electron chi connectivity index (χ2n) is 7.24. The summed E-state index contributed by atoms with van der Waals surface area (Å²) >= 11 is 0. The first-order chi connectivity index (χ1) is 12.4. The zero-order valence-electron chi connectivity index (χ0n) is 14.4. The SMILES string of the molecule is c1ccc2c(c1)N=C1CCCC1CN2Cc1ccc2ccccc2c1. The van der Waals surface area contributed by atoms with Gasteiger partial charge in [0.25, 0.3) is 0 Å². The third-order valence-corrected chi connectivity index (χ3v) is 5.57. The molecule has 5 rings (SSSR count). The smallest absolute Gasteiger partial charge is 0.0862 e. The maximum Gasteiger partial charge on any atom is 0.0862 e. The van der Waals surface area contributed by atoms with Crippen molar-refractivity contribution in [2.75, 3.05) is 11.4 Å². The van der Waals surface area contributed by atoms with Crippen LogP contribution in [0.4, 0.5) is 11.4 Å². The van der Waals surface area contributed by atoms with Gasteiger partial charge in [0.2, 0.25) is 0 Å². The lowest BCUT2D eigenvalue weighted by Crippen LogP contribution is -2.29. The molecule has 1 atom stereocenters. The Morgan fingerprint density at radius 2 is 1.76 bits per heavy atom. The van der Waals surface area contributed by atoms with Gasteiger partial charge in [-0.1, -0.05) is 48.5 Å². The predicted octanol–water partition coefficient (Wildman–Crippen LogP) is 5.73. The molecule has 0 N–H and O–H groups in total. The molecule has 1 aliphatic carbocycles. The van der Waals surface area contributed by atoms with E-state index in [-0.39, 0.29) is 0 Å². The summed E-state index contributed by atoms with van der Waals surface area (Å²) < 4.78 is 0. The van der Waals surface area contributed by atoms with Crippen LogP contribution in [0.2, 0.25) is 0 Å². The summed E-state index contributed by atoms with van der Waals surface area (Å²) in [5.74, 6) is 0.618. The molecule has 2 aliphatic rings. The van der Waals surface area contributed by atoms with Crippen LogP contribution in [0.5, 0.6) is 0 Å². The van der Waals surface area contributed by atoms with Crippen LogP contribution in [0.1, 0.15) is 24.8 Å². The molecule has 2 heteroatoms. The Morgan fingerprint density at radius 3 is 2.72 bits per heavy atom. The Hall–Kier alpha value is -2.61. The highest BCUT2D eigenvalue weighted by Crippen LogP contribution is 2.37. The number of benzene rings is 3. The van der Waals surface area contributed by atoms with Crippen LogP contribution in [0.3, 0.4) is 0 Å². The van der Waals surface area contributed by atoms with E-state index in [1.54, 1.807) is 0 Å². The monoisotopic (exact) mass is 326 g/mol. The van der Waals surface area contributed by atoms with Gasteiger partial charge in [0.05, 0.1) is 11.4 Å². The topological polar surface area (TPSA) is 15.6 Å². The van der Waals surface area contributed by atoms with Crippen molar-refractivity contribution in [3.8, 4) is 0 Å². The largest absolute Gasteiger partial charge is 0.365 e. The summed E-state index contributed by atoms with van der Waals surface area (Å²) in [5.41, 5.74) is 5.20. The Kier molecular flexibility index (Phi) is 3.55. The van der Waals surface area contributed by atoms with E-state index in [9.17, 15) is 0 Å². The zero-order chi connectivity index (χ0) is 16.6. The van der Waals surface area contributed by atoms with Crippen molar-refractivity contribution in [2.45, 2.75) is 25.8 Å². The van der Waals surface area contributed by atoms with E-state index in [0.717, 1.165) is 18.8 Å². The first kappa shape index (κ1) is 14.7. The van der Waals surface area contributed by atoms with Crippen LogP contribution < -0.4 is 4.90 Å². The lowest BCUT2D eigenvalue weighted by Gasteiger charge is -2.27. The minimum absolute atomic E-state index is 0.618.